The lowest BCUT2D eigenvalue weighted by Crippen LogP contribution is -2.22. The van der Waals surface area contributed by atoms with Crippen LogP contribution in [0.2, 0.25) is 0 Å². The second-order valence-electron chi connectivity index (χ2n) is 3.81. The van der Waals surface area contributed by atoms with Crippen LogP contribution in [-0.4, -0.2) is 49.0 Å². The van der Waals surface area contributed by atoms with Gasteiger partial charge < -0.3 is 9.47 Å². The van der Waals surface area contributed by atoms with Crippen molar-refractivity contribution in [1.29, 1.82) is 0 Å². The fourth-order valence-corrected chi connectivity index (χ4v) is 1.37. The Morgan fingerprint density at radius 1 is 1.40 bits per heavy atom. The van der Waals surface area contributed by atoms with E-state index in [1.807, 2.05) is 13.8 Å². The van der Waals surface area contributed by atoms with E-state index in [9.17, 15) is 0 Å². The predicted molar refractivity (Wildman–Crippen MR) is 69.1 cm³/mol. The van der Waals surface area contributed by atoms with Gasteiger partial charge in [0.05, 0.1) is 6.61 Å². The first-order valence-electron chi connectivity index (χ1n) is 6.05. The highest BCUT2D eigenvalue weighted by molar-refractivity contribution is 5.28. The van der Waals surface area contributed by atoms with Gasteiger partial charge in [-0.05, 0) is 13.8 Å². The van der Waals surface area contributed by atoms with Gasteiger partial charge in [-0.2, -0.15) is 24.7 Å². The van der Waals surface area contributed by atoms with Gasteiger partial charge in [0.1, 0.15) is 18.8 Å². The first-order chi connectivity index (χ1) is 9.72. The molecule has 10 nitrogen and oxygen atoms in total. The summed E-state index contributed by atoms with van der Waals surface area (Å²) < 4.78 is 12.2. The van der Waals surface area contributed by atoms with Crippen LogP contribution in [0.1, 0.15) is 13.8 Å². The standard InChI is InChI=1S/C10H16N8O2/c1-3-19-4-7(2)20-10-15-8(17-11)14-9(16-10)18-6-12-5-13-18/h5-7H,3-4,11H2,1-2H3,(H,14,15,16,17). The minimum atomic E-state index is -0.202. The van der Waals surface area contributed by atoms with Crippen molar-refractivity contribution >= 4 is 5.95 Å². The topological polar surface area (TPSA) is 126 Å². The van der Waals surface area contributed by atoms with Crippen molar-refractivity contribution in [3.05, 3.63) is 12.7 Å². The number of nitrogens with one attached hydrogen (secondary N) is 1. The fourth-order valence-electron chi connectivity index (χ4n) is 1.37. The Hall–Kier alpha value is -2.33. The zero-order valence-corrected chi connectivity index (χ0v) is 11.2. The molecule has 0 aliphatic heterocycles. The van der Waals surface area contributed by atoms with Crippen LogP contribution >= 0.6 is 0 Å². The molecule has 0 fully saturated rings. The summed E-state index contributed by atoms with van der Waals surface area (Å²) in [5.74, 6) is 5.75. The molecule has 0 amide bonds. The van der Waals surface area contributed by atoms with Crippen LogP contribution in [0.25, 0.3) is 5.95 Å². The molecule has 2 aromatic rings. The second kappa shape index (κ2) is 6.73. The number of nitrogens with two attached hydrogens (primary N) is 1. The van der Waals surface area contributed by atoms with Crippen LogP contribution in [0.3, 0.4) is 0 Å². The van der Waals surface area contributed by atoms with Crippen molar-refractivity contribution in [3.8, 4) is 12.0 Å². The Labute approximate surface area is 115 Å². The molecule has 0 radical (unpaired) electrons. The maximum absolute atomic E-state index is 5.55. The van der Waals surface area contributed by atoms with E-state index in [4.69, 9.17) is 15.3 Å². The molecule has 3 N–H and O–H groups in total. The number of nitrogens with zero attached hydrogens (tertiary/aromatic N) is 6. The van der Waals surface area contributed by atoms with E-state index < -0.39 is 0 Å². The average molecular weight is 280 g/mol. The van der Waals surface area contributed by atoms with Gasteiger partial charge in [-0.1, -0.05) is 0 Å². The van der Waals surface area contributed by atoms with Gasteiger partial charge in [-0.15, -0.1) is 0 Å². The van der Waals surface area contributed by atoms with Crippen LogP contribution in [-0.2, 0) is 4.74 Å². The molecule has 0 aliphatic rings. The zero-order chi connectivity index (χ0) is 14.4. The van der Waals surface area contributed by atoms with Gasteiger partial charge in [0.25, 0.3) is 5.95 Å². The number of aromatic nitrogens is 6. The maximum Gasteiger partial charge on any atom is 0.323 e. The molecule has 0 spiro atoms. The number of hydrazine groups is 1. The number of nitrogen functional groups attached to an aromatic ring is 1. The highest BCUT2D eigenvalue weighted by Crippen LogP contribution is 2.11. The summed E-state index contributed by atoms with van der Waals surface area (Å²) in [6, 6.07) is 0.130. The van der Waals surface area contributed by atoms with Gasteiger partial charge in [-0.3, -0.25) is 5.43 Å². The Bertz CT molecular complexity index is 532. The van der Waals surface area contributed by atoms with Crippen molar-refractivity contribution < 1.29 is 9.47 Å². The van der Waals surface area contributed by atoms with E-state index in [1.54, 1.807) is 0 Å². The number of hydrogen-bond donors (Lipinski definition) is 2. The lowest BCUT2D eigenvalue weighted by Gasteiger charge is -2.13. The summed E-state index contributed by atoms with van der Waals surface area (Å²) >= 11 is 0. The molecule has 0 bridgehead atoms. The van der Waals surface area contributed by atoms with Crippen molar-refractivity contribution in [1.82, 2.24) is 29.7 Å². The summed E-state index contributed by atoms with van der Waals surface area (Å²) in [7, 11) is 0. The van der Waals surface area contributed by atoms with Gasteiger partial charge in [0.15, 0.2) is 0 Å². The Morgan fingerprint density at radius 2 is 2.25 bits per heavy atom. The molecule has 108 valence electrons. The quantitative estimate of drug-likeness (QED) is 0.511. The minimum absolute atomic E-state index is 0.130. The monoisotopic (exact) mass is 280 g/mol. The van der Waals surface area contributed by atoms with Crippen molar-refractivity contribution in [2.45, 2.75) is 20.0 Å². The third-order valence-corrected chi connectivity index (χ3v) is 2.22. The highest BCUT2D eigenvalue weighted by Gasteiger charge is 2.12. The number of hydrogen-bond acceptors (Lipinski definition) is 9. The molecule has 1 atom stereocenters. The Balaban J connectivity index is 2.18. The number of ether oxygens (including phenoxy) is 2. The summed E-state index contributed by atoms with van der Waals surface area (Å²) in [5, 5.41) is 3.94. The van der Waals surface area contributed by atoms with Gasteiger partial charge in [0, 0.05) is 6.61 Å². The molecule has 0 aromatic carbocycles. The van der Waals surface area contributed by atoms with Crippen molar-refractivity contribution in [2.75, 3.05) is 18.6 Å². The van der Waals surface area contributed by atoms with Crippen LogP contribution < -0.4 is 16.0 Å². The molecule has 20 heavy (non-hydrogen) atoms. The molecule has 0 saturated carbocycles. The summed E-state index contributed by atoms with van der Waals surface area (Å²) in [5.41, 5.74) is 2.35. The van der Waals surface area contributed by atoms with E-state index in [-0.39, 0.29) is 24.0 Å². The third kappa shape index (κ3) is 3.59. The number of anilines is 1. The van der Waals surface area contributed by atoms with Crippen LogP contribution in [0.4, 0.5) is 5.95 Å². The second-order valence-corrected chi connectivity index (χ2v) is 3.81. The summed E-state index contributed by atoms with van der Waals surface area (Å²) in [6.07, 6.45) is 2.63. The molecular formula is C10H16N8O2. The lowest BCUT2D eigenvalue weighted by molar-refractivity contribution is 0.0606. The molecule has 2 rings (SSSR count). The predicted octanol–water partition coefficient (Wildman–Crippen LogP) is -0.458. The van der Waals surface area contributed by atoms with E-state index in [0.717, 1.165) is 0 Å². The van der Waals surface area contributed by atoms with Crippen LogP contribution in [0, 0.1) is 0 Å². The summed E-state index contributed by atoms with van der Waals surface area (Å²) in [4.78, 5) is 16.0. The molecule has 10 heteroatoms. The largest absolute Gasteiger partial charge is 0.458 e. The van der Waals surface area contributed by atoms with Gasteiger partial charge in [-0.25, -0.2) is 10.8 Å². The normalized spacial score (nSPS) is 12.2. The number of rotatable bonds is 7. The van der Waals surface area contributed by atoms with Crippen molar-refractivity contribution in [3.63, 3.8) is 0 Å². The highest BCUT2D eigenvalue weighted by atomic mass is 16.5. The molecule has 2 aromatic heterocycles. The first-order valence-corrected chi connectivity index (χ1v) is 6.05. The van der Waals surface area contributed by atoms with Gasteiger partial charge in [0.2, 0.25) is 5.95 Å². The fraction of sp³-hybridized carbons (Fsp3) is 0.500. The molecular weight excluding hydrogens is 264 g/mol. The summed E-state index contributed by atoms with van der Waals surface area (Å²) in [6.45, 7) is 4.82. The molecule has 0 saturated heterocycles. The Kier molecular flexibility index (Phi) is 4.74. The van der Waals surface area contributed by atoms with Crippen LogP contribution in [0.15, 0.2) is 12.7 Å². The lowest BCUT2D eigenvalue weighted by atomic mass is 10.4. The maximum atomic E-state index is 5.55. The first kappa shape index (κ1) is 14.1. The van der Waals surface area contributed by atoms with E-state index in [2.05, 4.69) is 30.5 Å². The van der Waals surface area contributed by atoms with E-state index >= 15 is 0 Å². The Morgan fingerprint density at radius 3 is 2.90 bits per heavy atom. The molecule has 2 heterocycles. The molecule has 1 unspecified atom stereocenters. The molecule has 0 aliphatic carbocycles. The van der Waals surface area contributed by atoms with Crippen LogP contribution in [0.5, 0.6) is 6.01 Å². The zero-order valence-electron chi connectivity index (χ0n) is 11.2. The van der Waals surface area contributed by atoms with E-state index in [1.165, 1.54) is 17.3 Å². The smallest absolute Gasteiger partial charge is 0.323 e. The van der Waals surface area contributed by atoms with Crippen molar-refractivity contribution in [2.24, 2.45) is 5.84 Å². The van der Waals surface area contributed by atoms with E-state index in [0.29, 0.717) is 13.2 Å². The third-order valence-electron chi connectivity index (χ3n) is 2.22. The van der Waals surface area contributed by atoms with Gasteiger partial charge >= 0.3 is 6.01 Å². The SMILES string of the molecule is CCOCC(C)Oc1nc(NN)nc(-n2cncn2)n1. The minimum Gasteiger partial charge on any atom is -0.458 e. The average Bonchev–Trinajstić information content (AvgIpc) is 2.99.